The van der Waals surface area contributed by atoms with Gasteiger partial charge in [-0.1, -0.05) is 62.2 Å². The Labute approximate surface area is 175 Å². The Hall–Kier alpha value is -3.22. The second-order valence-corrected chi connectivity index (χ2v) is 7.42. The molecular formula is C23H26FN3O3. The van der Waals surface area contributed by atoms with E-state index in [0.717, 1.165) is 28.9 Å². The van der Waals surface area contributed by atoms with E-state index in [1.54, 1.807) is 12.1 Å². The Morgan fingerprint density at radius 1 is 1.10 bits per heavy atom. The van der Waals surface area contributed by atoms with Crippen LogP contribution in [0.25, 0.3) is 0 Å². The van der Waals surface area contributed by atoms with Crippen LogP contribution in [-0.4, -0.2) is 35.8 Å². The van der Waals surface area contributed by atoms with Crippen molar-refractivity contribution >= 4 is 17.8 Å². The highest BCUT2D eigenvalue weighted by Crippen LogP contribution is 2.34. The molecule has 2 N–H and O–H groups in total. The summed E-state index contributed by atoms with van der Waals surface area (Å²) in [5, 5.41) is 5.55. The molecular weight excluding hydrogens is 385 g/mol. The number of rotatable bonds is 9. The van der Waals surface area contributed by atoms with Gasteiger partial charge in [-0.3, -0.25) is 14.5 Å². The first-order valence-electron chi connectivity index (χ1n) is 10.2. The van der Waals surface area contributed by atoms with Gasteiger partial charge < -0.3 is 10.6 Å². The monoisotopic (exact) mass is 411 g/mol. The lowest BCUT2D eigenvalue weighted by Gasteiger charge is -2.27. The van der Waals surface area contributed by atoms with Gasteiger partial charge in [0, 0.05) is 6.54 Å². The zero-order valence-corrected chi connectivity index (χ0v) is 17.0. The van der Waals surface area contributed by atoms with Crippen LogP contribution in [0.1, 0.15) is 37.3 Å². The number of carbonyl (C=O) groups is 3. The van der Waals surface area contributed by atoms with Crippen LogP contribution < -0.4 is 10.6 Å². The number of urea groups is 1. The minimum Gasteiger partial charge on any atom is -0.354 e. The fourth-order valence-corrected chi connectivity index (χ4v) is 3.64. The largest absolute Gasteiger partial charge is 0.354 e. The molecule has 0 aliphatic carbocycles. The zero-order chi connectivity index (χ0) is 21.6. The maximum Gasteiger partial charge on any atom is 0.325 e. The van der Waals surface area contributed by atoms with Crippen molar-refractivity contribution in [2.24, 2.45) is 0 Å². The van der Waals surface area contributed by atoms with Crippen LogP contribution in [0.5, 0.6) is 0 Å². The van der Waals surface area contributed by atoms with Gasteiger partial charge in [0.15, 0.2) is 0 Å². The Morgan fingerprint density at radius 2 is 1.80 bits per heavy atom. The van der Waals surface area contributed by atoms with Crippen molar-refractivity contribution in [1.82, 2.24) is 15.5 Å². The molecule has 3 rings (SSSR count). The summed E-state index contributed by atoms with van der Waals surface area (Å²) in [5.74, 6) is -1.13. The van der Waals surface area contributed by atoms with E-state index in [2.05, 4.69) is 10.6 Å². The number of carbonyl (C=O) groups excluding carboxylic acids is 3. The van der Waals surface area contributed by atoms with E-state index in [1.807, 2.05) is 37.3 Å². The van der Waals surface area contributed by atoms with Crippen molar-refractivity contribution < 1.29 is 18.8 Å². The smallest absolute Gasteiger partial charge is 0.325 e. The normalized spacial score (nSPS) is 18.4. The molecule has 1 aliphatic heterocycles. The molecule has 2 aromatic rings. The van der Waals surface area contributed by atoms with Gasteiger partial charge in [0.2, 0.25) is 5.91 Å². The van der Waals surface area contributed by atoms with E-state index in [-0.39, 0.29) is 12.4 Å². The molecule has 4 amide bonds. The number of imide groups is 1. The van der Waals surface area contributed by atoms with E-state index in [4.69, 9.17) is 0 Å². The van der Waals surface area contributed by atoms with Crippen LogP contribution in [0.2, 0.25) is 0 Å². The van der Waals surface area contributed by atoms with Gasteiger partial charge in [0.25, 0.3) is 5.91 Å². The Bertz CT molecular complexity index is 902. The fraction of sp³-hybridized carbons (Fsp3) is 0.348. The van der Waals surface area contributed by atoms with Crippen molar-refractivity contribution in [2.75, 3.05) is 13.1 Å². The highest BCUT2D eigenvalue weighted by molar-refractivity contribution is 6.09. The molecule has 30 heavy (non-hydrogen) atoms. The van der Waals surface area contributed by atoms with Crippen LogP contribution >= 0.6 is 0 Å². The first-order valence-corrected chi connectivity index (χ1v) is 10.2. The average molecular weight is 411 g/mol. The standard InChI is InChI=1S/C23H26FN3O3/c1-2-3-14-23(18-7-5-4-6-8-18)21(29)27(22(30)26-23)16-20(28)25-15-13-17-9-11-19(24)12-10-17/h4-12H,2-3,13-16H2,1H3,(H,25,28)(H,26,30). The molecule has 1 unspecified atom stereocenters. The maximum absolute atomic E-state index is 13.2. The predicted octanol–water partition coefficient (Wildman–Crippen LogP) is 3.12. The fourth-order valence-electron chi connectivity index (χ4n) is 3.64. The number of amides is 4. The van der Waals surface area contributed by atoms with Crippen LogP contribution in [0.4, 0.5) is 9.18 Å². The Kier molecular flexibility index (Phi) is 6.82. The molecule has 158 valence electrons. The van der Waals surface area contributed by atoms with E-state index in [1.165, 1.54) is 12.1 Å². The summed E-state index contributed by atoms with van der Waals surface area (Å²) in [6.45, 7) is 2.01. The number of hydrogen-bond donors (Lipinski definition) is 2. The van der Waals surface area contributed by atoms with E-state index >= 15 is 0 Å². The van der Waals surface area contributed by atoms with Gasteiger partial charge >= 0.3 is 6.03 Å². The first kappa shape index (κ1) is 21.5. The van der Waals surface area contributed by atoms with E-state index in [0.29, 0.717) is 19.4 Å². The third kappa shape index (κ3) is 4.67. The third-order valence-electron chi connectivity index (χ3n) is 5.30. The second-order valence-electron chi connectivity index (χ2n) is 7.42. The van der Waals surface area contributed by atoms with Crippen LogP contribution in [0.15, 0.2) is 54.6 Å². The van der Waals surface area contributed by atoms with E-state index in [9.17, 15) is 18.8 Å². The molecule has 6 nitrogen and oxygen atoms in total. The van der Waals surface area contributed by atoms with Crippen molar-refractivity contribution in [1.29, 1.82) is 0 Å². The molecule has 7 heteroatoms. The summed E-state index contributed by atoms with van der Waals surface area (Å²) in [4.78, 5) is 39.1. The van der Waals surface area contributed by atoms with E-state index < -0.39 is 23.4 Å². The van der Waals surface area contributed by atoms with Crippen LogP contribution in [0, 0.1) is 5.82 Å². The SMILES string of the molecule is CCCCC1(c2ccccc2)NC(=O)N(CC(=O)NCCc2ccc(F)cc2)C1=O. The lowest BCUT2D eigenvalue weighted by molar-refractivity contribution is -0.135. The lowest BCUT2D eigenvalue weighted by Crippen LogP contribution is -2.45. The molecule has 0 bridgehead atoms. The minimum absolute atomic E-state index is 0.314. The lowest BCUT2D eigenvalue weighted by atomic mass is 9.85. The summed E-state index contributed by atoms with van der Waals surface area (Å²) in [7, 11) is 0. The van der Waals surface area contributed by atoms with Gasteiger partial charge in [-0.2, -0.15) is 0 Å². The molecule has 0 saturated carbocycles. The molecule has 0 aromatic heterocycles. The number of benzene rings is 2. The third-order valence-corrected chi connectivity index (χ3v) is 5.30. The Morgan fingerprint density at radius 3 is 2.47 bits per heavy atom. The zero-order valence-electron chi connectivity index (χ0n) is 17.0. The Balaban J connectivity index is 1.64. The van der Waals surface area contributed by atoms with Gasteiger partial charge in [-0.25, -0.2) is 9.18 Å². The van der Waals surface area contributed by atoms with Crippen molar-refractivity contribution in [3.63, 3.8) is 0 Å². The first-order chi connectivity index (χ1) is 14.5. The average Bonchev–Trinajstić information content (AvgIpc) is 2.99. The molecule has 1 saturated heterocycles. The highest BCUT2D eigenvalue weighted by atomic mass is 19.1. The second kappa shape index (κ2) is 9.52. The van der Waals surface area contributed by atoms with Gasteiger partial charge in [-0.05, 0) is 36.1 Å². The maximum atomic E-state index is 13.2. The van der Waals surface area contributed by atoms with Crippen LogP contribution in [-0.2, 0) is 21.5 Å². The summed E-state index contributed by atoms with van der Waals surface area (Å²) in [5.41, 5.74) is 0.466. The summed E-state index contributed by atoms with van der Waals surface area (Å²) >= 11 is 0. The molecule has 2 aromatic carbocycles. The number of hydrogen-bond acceptors (Lipinski definition) is 3. The summed E-state index contributed by atoms with van der Waals surface area (Å²) < 4.78 is 13.0. The molecule has 1 aliphatic rings. The topological polar surface area (TPSA) is 78.5 Å². The highest BCUT2D eigenvalue weighted by Gasteiger charge is 2.52. The quantitative estimate of drug-likeness (QED) is 0.623. The van der Waals surface area contributed by atoms with Gasteiger partial charge in [0.1, 0.15) is 17.9 Å². The van der Waals surface area contributed by atoms with Crippen molar-refractivity contribution in [3.8, 4) is 0 Å². The van der Waals surface area contributed by atoms with Gasteiger partial charge in [0.05, 0.1) is 0 Å². The van der Waals surface area contributed by atoms with Crippen molar-refractivity contribution in [3.05, 3.63) is 71.5 Å². The van der Waals surface area contributed by atoms with Crippen molar-refractivity contribution in [2.45, 2.75) is 38.1 Å². The predicted molar refractivity (Wildman–Crippen MR) is 111 cm³/mol. The number of halogens is 1. The molecule has 0 radical (unpaired) electrons. The molecule has 1 heterocycles. The minimum atomic E-state index is -1.14. The molecule has 1 atom stereocenters. The number of unbranched alkanes of at least 4 members (excludes halogenated alkanes) is 1. The van der Waals surface area contributed by atoms with Gasteiger partial charge in [-0.15, -0.1) is 0 Å². The van der Waals surface area contributed by atoms with Crippen LogP contribution in [0.3, 0.4) is 0 Å². The molecule has 0 spiro atoms. The number of nitrogens with one attached hydrogen (secondary N) is 2. The molecule has 1 fully saturated rings. The summed E-state index contributed by atoms with van der Waals surface area (Å²) in [6, 6.07) is 14.6. The number of nitrogens with zero attached hydrogens (tertiary/aromatic N) is 1. The summed E-state index contributed by atoms with van der Waals surface area (Å²) in [6.07, 6.45) is 2.64.